The lowest BCUT2D eigenvalue weighted by atomic mass is 9.86. The minimum Gasteiger partial charge on any atom is -0.292 e. The number of hydrogen-bond acceptors (Lipinski definition) is 2. The molecule has 0 N–H and O–H groups in total. The third kappa shape index (κ3) is 3.76. The highest BCUT2D eigenvalue weighted by molar-refractivity contribution is 7.17. The van der Waals surface area contributed by atoms with Crippen LogP contribution in [0.15, 0.2) is 66.0 Å². The van der Waals surface area contributed by atoms with Gasteiger partial charge in [-0.3, -0.25) is 4.57 Å². The van der Waals surface area contributed by atoms with Crippen LogP contribution >= 0.6 is 11.3 Å². The first kappa shape index (κ1) is 22.9. The molecule has 0 saturated carbocycles. The van der Waals surface area contributed by atoms with Crippen LogP contribution in [-0.4, -0.2) is 9.55 Å². The smallest absolute Gasteiger partial charge is 0.147 e. The molecule has 0 atom stereocenters. The molecule has 2 heterocycles. The molecule has 0 aliphatic heterocycles. The lowest BCUT2D eigenvalue weighted by Gasteiger charge is -2.22. The van der Waals surface area contributed by atoms with Crippen LogP contribution in [0.4, 0.5) is 0 Å². The summed E-state index contributed by atoms with van der Waals surface area (Å²) < 4.78 is 3.74. The Hall–Kier alpha value is -2.91. The van der Waals surface area contributed by atoms with Gasteiger partial charge in [0.2, 0.25) is 0 Å². The van der Waals surface area contributed by atoms with Crippen molar-refractivity contribution < 1.29 is 0 Å². The molecule has 0 aliphatic carbocycles. The van der Waals surface area contributed by atoms with Crippen molar-refractivity contribution in [2.45, 2.75) is 65.7 Å². The third-order valence-corrected chi connectivity index (χ3v) is 7.77. The molecule has 34 heavy (non-hydrogen) atoms. The van der Waals surface area contributed by atoms with Gasteiger partial charge in [0.25, 0.3) is 0 Å². The summed E-state index contributed by atoms with van der Waals surface area (Å²) in [6.07, 6.45) is 0. The van der Waals surface area contributed by atoms with Crippen LogP contribution in [0.2, 0.25) is 0 Å². The summed E-state index contributed by atoms with van der Waals surface area (Å²) in [7, 11) is 0. The molecular formula is C31H34N2S. The van der Waals surface area contributed by atoms with Gasteiger partial charge in [0.15, 0.2) is 0 Å². The van der Waals surface area contributed by atoms with Crippen LogP contribution in [0.1, 0.15) is 77.0 Å². The number of para-hydroxylation sites is 3. The Morgan fingerprint density at radius 3 is 2.15 bits per heavy atom. The molecule has 0 unspecified atom stereocenters. The second kappa shape index (κ2) is 8.39. The molecule has 3 heteroatoms. The summed E-state index contributed by atoms with van der Waals surface area (Å²) in [4.78, 5) is 5.24. The lowest BCUT2D eigenvalue weighted by Crippen LogP contribution is -2.10. The molecule has 0 aliphatic rings. The normalized spacial score (nSPS) is 12.5. The minimum absolute atomic E-state index is 0.0998. The first-order valence-corrected chi connectivity index (χ1v) is 13.2. The van der Waals surface area contributed by atoms with Gasteiger partial charge in [-0.1, -0.05) is 84.9 Å². The van der Waals surface area contributed by atoms with Crippen LogP contribution in [0.3, 0.4) is 0 Å². The monoisotopic (exact) mass is 466 g/mol. The molecule has 0 radical (unpaired) electrons. The van der Waals surface area contributed by atoms with Crippen molar-refractivity contribution >= 4 is 32.5 Å². The highest BCUT2D eigenvalue weighted by Gasteiger charge is 2.24. The molecule has 0 spiro atoms. The fourth-order valence-corrected chi connectivity index (χ4v) is 5.79. The van der Waals surface area contributed by atoms with E-state index in [4.69, 9.17) is 4.98 Å². The fraction of sp³-hybridized carbons (Fsp3) is 0.323. The maximum atomic E-state index is 5.24. The molecule has 5 aromatic rings. The van der Waals surface area contributed by atoms with Crippen LogP contribution in [0.5, 0.6) is 0 Å². The Morgan fingerprint density at radius 2 is 1.50 bits per heavy atom. The zero-order valence-corrected chi connectivity index (χ0v) is 22.1. The highest BCUT2D eigenvalue weighted by atomic mass is 32.1. The van der Waals surface area contributed by atoms with E-state index in [9.17, 15) is 0 Å². The highest BCUT2D eigenvalue weighted by Crippen LogP contribution is 2.41. The number of hydrogen-bond donors (Lipinski definition) is 0. The van der Waals surface area contributed by atoms with E-state index in [1.165, 1.54) is 43.5 Å². The summed E-state index contributed by atoms with van der Waals surface area (Å²) in [5.41, 5.74) is 8.90. The van der Waals surface area contributed by atoms with Gasteiger partial charge in [-0.05, 0) is 58.2 Å². The second-order valence-electron chi connectivity index (χ2n) is 11.0. The first-order chi connectivity index (χ1) is 16.2. The molecule has 3 aromatic carbocycles. The van der Waals surface area contributed by atoms with Crippen molar-refractivity contribution in [2.75, 3.05) is 0 Å². The van der Waals surface area contributed by atoms with E-state index in [0.717, 1.165) is 11.3 Å². The molecule has 2 aromatic heterocycles. The number of thiophene rings is 1. The summed E-state index contributed by atoms with van der Waals surface area (Å²) >= 11 is 1.81. The maximum absolute atomic E-state index is 5.24. The second-order valence-corrected chi connectivity index (χ2v) is 11.9. The van der Waals surface area contributed by atoms with Gasteiger partial charge in [0.1, 0.15) is 5.82 Å². The summed E-state index contributed by atoms with van der Waals surface area (Å²) in [5, 5.41) is 3.59. The van der Waals surface area contributed by atoms with Crippen molar-refractivity contribution in [2.24, 2.45) is 0 Å². The minimum atomic E-state index is 0.0998. The van der Waals surface area contributed by atoms with Crippen molar-refractivity contribution in [3.63, 3.8) is 0 Å². The van der Waals surface area contributed by atoms with Gasteiger partial charge in [-0.2, -0.15) is 0 Å². The van der Waals surface area contributed by atoms with Gasteiger partial charge in [0, 0.05) is 21.0 Å². The van der Waals surface area contributed by atoms with Crippen LogP contribution in [0, 0.1) is 0 Å². The number of fused-ring (bicyclic) bond motifs is 2. The van der Waals surface area contributed by atoms with Crippen molar-refractivity contribution in [3.8, 4) is 17.1 Å². The molecule has 174 valence electrons. The number of imidazole rings is 1. The predicted octanol–water partition coefficient (Wildman–Crippen LogP) is 9.45. The topological polar surface area (TPSA) is 17.8 Å². The van der Waals surface area contributed by atoms with E-state index in [2.05, 4.69) is 119 Å². The van der Waals surface area contributed by atoms with Gasteiger partial charge in [-0.15, -0.1) is 11.3 Å². The van der Waals surface area contributed by atoms with Crippen LogP contribution in [-0.2, 0) is 5.41 Å². The Morgan fingerprint density at radius 1 is 0.824 bits per heavy atom. The number of rotatable bonds is 4. The van der Waals surface area contributed by atoms with Crippen LogP contribution in [0.25, 0.3) is 38.2 Å². The Bertz CT molecular complexity index is 1470. The summed E-state index contributed by atoms with van der Waals surface area (Å²) in [6, 6.07) is 22.3. The molecule has 0 amide bonds. The lowest BCUT2D eigenvalue weighted by molar-refractivity contribution is 0.591. The maximum Gasteiger partial charge on any atom is 0.147 e. The van der Waals surface area contributed by atoms with Crippen molar-refractivity contribution in [1.29, 1.82) is 0 Å². The van der Waals surface area contributed by atoms with Crippen molar-refractivity contribution in [3.05, 3.63) is 82.7 Å². The summed E-state index contributed by atoms with van der Waals surface area (Å²) in [5.74, 6) is 1.86. The molecule has 0 saturated heterocycles. The Kier molecular flexibility index (Phi) is 5.64. The number of nitrogens with zero attached hydrogens (tertiary/aromatic N) is 2. The zero-order valence-electron chi connectivity index (χ0n) is 21.3. The van der Waals surface area contributed by atoms with Crippen molar-refractivity contribution in [1.82, 2.24) is 9.55 Å². The van der Waals surface area contributed by atoms with E-state index < -0.39 is 0 Å². The Labute approximate surface area is 207 Å². The average molecular weight is 467 g/mol. The molecule has 2 nitrogen and oxygen atoms in total. The predicted molar refractivity (Wildman–Crippen MR) is 149 cm³/mol. The molecule has 0 bridgehead atoms. The van der Waals surface area contributed by atoms with E-state index in [0.29, 0.717) is 11.8 Å². The molecule has 5 rings (SSSR count). The SMILES string of the molecule is CC(C)c1cccc(C(C)C)c1-n1c(-c2csc3ccc(C(C)(C)C)cc23)nc2ccccc21. The Balaban J connectivity index is 1.90. The van der Waals surface area contributed by atoms with Gasteiger partial charge in [-0.25, -0.2) is 4.98 Å². The van der Waals surface area contributed by atoms with E-state index in [1.54, 1.807) is 0 Å². The standard InChI is InChI=1S/C31H34N2S/c1-19(2)22-11-10-12-23(20(3)4)29(22)33-27-14-9-8-13-26(27)32-30(33)25-18-34-28-16-15-21(17-24(25)28)31(5,6)7/h8-20H,1-7H3. The van der Waals surface area contributed by atoms with Gasteiger partial charge >= 0.3 is 0 Å². The van der Waals surface area contributed by atoms with Gasteiger partial charge < -0.3 is 0 Å². The van der Waals surface area contributed by atoms with E-state index >= 15 is 0 Å². The van der Waals surface area contributed by atoms with Crippen LogP contribution < -0.4 is 0 Å². The molecular weight excluding hydrogens is 432 g/mol. The third-order valence-electron chi connectivity index (χ3n) is 6.81. The first-order valence-electron chi connectivity index (χ1n) is 12.3. The van der Waals surface area contributed by atoms with E-state index in [1.807, 2.05) is 11.3 Å². The molecule has 0 fully saturated rings. The largest absolute Gasteiger partial charge is 0.292 e. The quantitative estimate of drug-likeness (QED) is 0.258. The fourth-order valence-electron chi connectivity index (χ4n) is 4.87. The number of aromatic nitrogens is 2. The number of benzene rings is 3. The van der Waals surface area contributed by atoms with E-state index in [-0.39, 0.29) is 5.41 Å². The zero-order chi connectivity index (χ0) is 24.2. The van der Waals surface area contributed by atoms with Gasteiger partial charge in [0.05, 0.1) is 16.7 Å². The average Bonchev–Trinajstić information content (AvgIpc) is 3.38. The summed E-state index contributed by atoms with van der Waals surface area (Å²) in [6.45, 7) is 16.0.